The molecule has 0 atom stereocenters. The second-order valence-corrected chi connectivity index (χ2v) is 23.2. The maximum absolute atomic E-state index is 7.50. The summed E-state index contributed by atoms with van der Waals surface area (Å²) in [7, 11) is 0.787. The molecule has 35 heavy (non-hydrogen) atoms. The molecule has 0 N–H and O–H groups in total. The van der Waals surface area contributed by atoms with Crippen molar-refractivity contribution in [2.75, 3.05) is 0 Å². The molecule has 0 amide bonds. The van der Waals surface area contributed by atoms with Gasteiger partial charge in [-0.3, -0.25) is 9.59 Å². The molecule has 0 bridgehead atoms. The van der Waals surface area contributed by atoms with Crippen LogP contribution in [-0.4, -0.2) is 64.5 Å². The molecule has 0 rings (SSSR count). The average molecular weight is 638 g/mol. The van der Waals surface area contributed by atoms with Crippen LogP contribution in [0.4, 0.5) is 0 Å². The zero-order chi connectivity index (χ0) is 28.9. The molecule has 0 saturated carbocycles. The molecular weight excluding hydrogens is 574 g/mol. The van der Waals surface area contributed by atoms with Crippen molar-refractivity contribution in [3.05, 3.63) is 0 Å². The summed E-state index contributed by atoms with van der Waals surface area (Å²) in [6, 6.07) is 0. The molecule has 6 heteroatoms. The van der Waals surface area contributed by atoms with Crippen molar-refractivity contribution in [3.8, 4) is 0 Å². The van der Waals surface area contributed by atoms with Gasteiger partial charge in [-0.05, 0) is 50.9 Å². The zero-order valence-corrected chi connectivity index (χ0v) is 31.1. The third kappa shape index (κ3) is 28.1. The summed E-state index contributed by atoms with van der Waals surface area (Å²) in [6.07, 6.45) is 0. The van der Waals surface area contributed by atoms with Crippen LogP contribution < -0.4 is 0 Å². The van der Waals surface area contributed by atoms with Gasteiger partial charge in [0.1, 0.15) is 0 Å². The predicted molar refractivity (Wildman–Crippen MR) is 168 cm³/mol. The maximum Gasteiger partial charge on any atom is 0.281 e. The SMILES string of the molecule is CC(C)P(C(C)C)C(C)C.CC(C)P(C(C)C)C(C)C.CC(C)P(C(C)C)C(C)C.[C]=O.[C]=O.[Ru]. The smallest absolute Gasteiger partial charge is 0.281 e. The van der Waals surface area contributed by atoms with E-state index >= 15 is 0 Å². The van der Waals surface area contributed by atoms with Crippen LogP contribution in [0.15, 0.2) is 0 Å². The number of hydrogen-bond acceptors (Lipinski definition) is 2. The molecule has 0 aromatic heterocycles. The fraction of sp³-hybridized carbons (Fsp3) is 0.931. The summed E-state index contributed by atoms with van der Waals surface area (Å²) in [5.74, 6) is 0. The first-order valence-corrected chi connectivity index (χ1v) is 17.8. The number of rotatable bonds is 9. The molecule has 0 unspecified atom stereocenters. The Bertz CT molecular complexity index is 297. The van der Waals surface area contributed by atoms with Gasteiger partial charge < -0.3 is 0 Å². The van der Waals surface area contributed by atoms with Crippen molar-refractivity contribution in [1.29, 1.82) is 0 Å². The number of carbonyl (C=O) groups excluding carboxylic acids is 2. The number of hydrogen-bond donors (Lipinski definition) is 0. The van der Waals surface area contributed by atoms with Gasteiger partial charge in [-0.25, -0.2) is 0 Å². The van der Waals surface area contributed by atoms with Gasteiger partial charge in [-0.2, -0.15) is 0 Å². The van der Waals surface area contributed by atoms with Crippen LogP contribution in [0.3, 0.4) is 0 Å². The van der Waals surface area contributed by atoms with Crippen molar-refractivity contribution in [2.45, 2.75) is 176 Å². The summed E-state index contributed by atoms with van der Waals surface area (Å²) in [5.41, 5.74) is 8.08. The Morgan fingerprint density at radius 3 is 0.343 bits per heavy atom. The van der Waals surface area contributed by atoms with Gasteiger partial charge in [0.25, 0.3) is 13.6 Å². The molecule has 0 aromatic rings. The van der Waals surface area contributed by atoms with Crippen molar-refractivity contribution in [1.82, 2.24) is 0 Å². The average Bonchev–Trinajstić information content (AvgIpc) is 2.62. The van der Waals surface area contributed by atoms with E-state index in [9.17, 15) is 0 Å². The molecule has 0 aliphatic heterocycles. The summed E-state index contributed by atoms with van der Waals surface area (Å²) in [5, 5.41) is 0. The fourth-order valence-electron chi connectivity index (χ4n) is 5.37. The normalized spacial score (nSPS) is 11.0. The minimum absolute atomic E-state index is 0. The Morgan fingerprint density at radius 2 is 0.343 bits per heavy atom. The molecule has 0 saturated heterocycles. The second-order valence-electron chi connectivity index (χ2n) is 11.2. The van der Waals surface area contributed by atoms with Gasteiger partial charge in [0.2, 0.25) is 0 Å². The standard InChI is InChI=1S/3C9H21P.2CO.Ru/c3*1-7(2)10(8(3)4)9(5)6;2*1-2;/h3*7-9H,1-6H3;;;. The van der Waals surface area contributed by atoms with Crippen LogP contribution >= 0.6 is 23.8 Å². The quantitative estimate of drug-likeness (QED) is 0.186. The van der Waals surface area contributed by atoms with Gasteiger partial charge >= 0.3 is 0 Å². The monoisotopic (exact) mass is 638 g/mol. The van der Waals surface area contributed by atoms with Crippen LogP contribution in [0.1, 0.15) is 125 Å². The van der Waals surface area contributed by atoms with E-state index < -0.39 is 0 Å². The van der Waals surface area contributed by atoms with E-state index in [0.29, 0.717) is 0 Å². The van der Waals surface area contributed by atoms with Gasteiger partial charge in [-0.15, -0.1) is 0 Å². The molecular formula is C29H63O2P3Ru. The zero-order valence-electron chi connectivity index (χ0n) is 26.7. The Kier molecular flexibility index (Phi) is 41.9. The summed E-state index contributed by atoms with van der Waals surface area (Å²) < 4.78 is 0. The van der Waals surface area contributed by atoms with E-state index in [1.54, 1.807) is 0 Å². The van der Waals surface area contributed by atoms with Crippen LogP contribution in [-0.2, 0) is 29.1 Å². The Hall–Kier alpha value is 1.25. The van der Waals surface area contributed by atoms with Crippen molar-refractivity contribution >= 4 is 37.3 Å². The first-order chi connectivity index (χ1) is 15.4. The molecule has 0 spiro atoms. The summed E-state index contributed by atoms with van der Waals surface area (Å²) >= 11 is 0. The first-order valence-electron chi connectivity index (χ1n) is 13.1. The van der Waals surface area contributed by atoms with Crippen LogP contribution in [0, 0.1) is 0 Å². The van der Waals surface area contributed by atoms with E-state index in [4.69, 9.17) is 9.59 Å². The van der Waals surface area contributed by atoms with E-state index in [1.807, 2.05) is 0 Å². The molecule has 214 valence electrons. The third-order valence-corrected chi connectivity index (χ3v) is 16.1. The van der Waals surface area contributed by atoms with Gasteiger partial charge in [-0.1, -0.05) is 148 Å². The molecule has 0 aromatic carbocycles. The maximum atomic E-state index is 7.50. The molecule has 0 aliphatic carbocycles. The topological polar surface area (TPSA) is 34.1 Å². The Balaban J connectivity index is -0.0000000827. The Labute approximate surface area is 241 Å². The molecule has 0 fully saturated rings. The van der Waals surface area contributed by atoms with Gasteiger partial charge in [0.15, 0.2) is 0 Å². The van der Waals surface area contributed by atoms with Crippen molar-refractivity contribution in [3.63, 3.8) is 0 Å². The fourth-order valence-corrected chi connectivity index (χ4v) is 16.1. The molecule has 0 heterocycles. The minimum Gasteiger partial charge on any atom is -0.281 e. The van der Waals surface area contributed by atoms with Crippen molar-refractivity contribution in [2.24, 2.45) is 0 Å². The third-order valence-electron chi connectivity index (χ3n) is 5.37. The van der Waals surface area contributed by atoms with Gasteiger partial charge in [0, 0.05) is 19.5 Å². The summed E-state index contributed by atoms with van der Waals surface area (Å²) in [4.78, 5) is 15.0. The molecule has 2 nitrogen and oxygen atoms in total. The molecule has 4 radical (unpaired) electrons. The van der Waals surface area contributed by atoms with Gasteiger partial charge in [0.05, 0.1) is 0 Å². The van der Waals surface area contributed by atoms with E-state index in [2.05, 4.69) is 138 Å². The summed E-state index contributed by atoms with van der Waals surface area (Å²) in [6.45, 7) is 51.4. The van der Waals surface area contributed by atoms with E-state index in [1.165, 1.54) is 0 Å². The second kappa shape index (κ2) is 29.8. The Morgan fingerprint density at radius 1 is 0.286 bits per heavy atom. The van der Waals surface area contributed by atoms with Crippen LogP contribution in [0.2, 0.25) is 0 Å². The predicted octanol–water partition coefficient (Wildman–Crippen LogP) is 10.3. The van der Waals surface area contributed by atoms with E-state index in [-0.39, 0.29) is 43.2 Å². The first kappa shape index (κ1) is 49.2. The van der Waals surface area contributed by atoms with Crippen LogP contribution in [0.5, 0.6) is 0 Å². The molecule has 0 aliphatic rings. The van der Waals surface area contributed by atoms with Crippen LogP contribution in [0.25, 0.3) is 0 Å². The minimum atomic E-state index is 0. The van der Waals surface area contributed by atoms with Crippen molar-refractivity contribution < 1.29 is 29.1 Å². The largest absolute Gasteiger partial charge is 0.281 e. The van der Waals surface area contributed by atoms with E-state index in [0.717, 1.165) is 50.9 Å².